The van der Waals surface area contributed by atoms with E-state index in [2.05, 4.69) is 5.48 Å². The highest BCUT2D eigenvalue weighted by atomic mass is 35.5. The van der Waals surface area contributed by atoms with Crippen molar-refractivity contribution in [3.05, 3.63) is 28.8 Å². The van der Waals surface area contributed by atoms with E-state index in [9.17, 15) is 0 Å². The lowest BCUT2D eigenvalue weighted by Crippen LogP contribution is -1.95. The van der Waals surface area contributed by atoms with Gasteiger partial charge in [0.15, 0.2) is 0 Å². The molecule has 1 N–H and O–H groups in total. The minimum atomic E-state index is 0.713. The molecule has 3 heteroatoms. The highest BCUT2D eigenvalue weighted by Gasteiger charge is 1.94. The molecular formula is C8H10ClNO. The van der Waals surface area contributed by atoms with Crippen LogP contribution in [0.4, 0.5) is 5.69 Å². The summed E-state index contributed by atoms with van der Waals surface area (Å²) >= 11 is 5.79. The number of halogens is 1. The molecule has 0 aliphatic rings. The van der Waals surface area contributed by atoms with Crippen molar-refractivity contribution >= 4 is 17.3 Å². The molecule has 0 fully saturated rings. The first kappa shape index (κ1) is 8.37. The standard InChI is InChI=1S/C8H10ClNO/c1-6-3-7(9)5-8(4-6)10-11-2/h3-5,10H,1-2H3. The smallest absolute Gasteiger partial charge is 0.0636 e. The summed E-state index contributed by atoms with van der Waals surface area (Å²) in [6.07, 6.45) is 0. The first-order valence-electron chi connectivity index (χ1n) is 3.28. The van der Waals surface area contributed by atoms with Gasteiger partial charge in [0, 0.05) is 5.02 Å². The number of nitrogens with one attached hydrogen (secondary N) is 1. The summed E-state index contributed by atoms with van der Waals surface area (Å²) in [5.41, 5.74) is 4.69. The van der Waals surface area contributed by atoms with E-state index in [1.165, 1.54) is 0 Å². The van der Waals surface area contributed by atoms with Crippen LogP contribution in [0.5, 0.6) is 0 Å². The first-order chi connectivity index (χ1) is 5.22. The second-order valence-corrected chi connectivity index (χ2v) is 2.76. The van der Waals surface area contributed by atoms with E-state index < -0.39 is 0 Å². The predicted octanol–water partition coefficient (Wildman–Crippen LogP) is 2.62. The molecule has 1 rings (SSSR count). The third-order valence-electron chi connectivity index (χ3n) is 1.26. The lowest BCUT2D eigenvalue weighted by molar-refractivity contribution is 0.271. The van der Waals surface area contributed by atoms with Crippen molar-refractivity contribution in [3.8, 4) is 0 Å². The van der Waals surface area contributed by atoms with E-state index in [-0.39, 0.29) is 0 Å². The number of anilines is 1. The van der Waals surface area contributed by atoms with E-state index in [0.29, 0.717) is 5.02 Å². The fourth-order valence-corrected chi connectivity index (χ4v) is 1.20. The fraction of sp³-hybridized carbons (Fsp3) is 0.250. The van der Waals surface area contributed by atoms with Crippen molar-refractivity contribution in [2.45, 2.75) is 6.92 Å². The molecule has 0 saturated heterocycles. The van der Waals surface area contributed by atoms with Crippen LogP contribution < -0.4 is 5.48 Å². The molecule has 0 saturated carbocycles. The molecule has 60 valence electrons. The zero-order valence-corrected chi connectivity index (χ0v) is 7.27. The molecule has 0 spiro atoms. The van der Waals surface area contributed by atoms with Crippen LogP contribution in [0.2, 0.25) is 5.02 Å². The third kappa shape index (κ3) is 2.41. The molecule has 0 radical (unpaired) electrons. The molecule has 0 bridgehead atoms. The van der Waals surface area contributed by atoms with E-state index in [0.717, 1.165) is 11.3 Å². The van der Waals surface area contributed by atoms with E-state index in [4.69, 9.17) is 16.4 Å². The molecule has 11 heavy (non-hydrogen) atoms. The average molecular weight is 172 g/mol. The summed E-state index contributed by atoms with van der Waals surface area (Å²) in [6, 6.07) is 5.65. The topological polar surface area (TPSA) is 21.3 Å². The Hall–Kier alpha value is -0.730. The van der Waals surface area contributed by atoms with Crippen LogP contribution in [-0.2, 0) is 4.84 Å². The van der Waals surface area contributed by atoms with Crippen molar-refractivity contribution in [1.82, 2.24) is 0 Å². The van der Waals surface area contributed by atoms with Crippen LogP contribution in [-0.4, -0.2) is 7.11 Å². The largest absolute Gasteiger partial charge is 0.279 e. The number of hydrogen-bond donors (Lipinski definition) is 1. The molecule has 0 amide bonds. The molecule has 2 nitrogen and oxygen atoms in total. The Balaban J connectivity index is 2.89. The number of rotatable bonds is 2. The predicted molar refractivity (Wildman–Crippen MR) is 46.8 cm³/mol. The van der Waals surface area contributed by atoms with Crippen LogP contribution in [0.15, 0.2) is 18.2 Å². The van der Waals surface area contributed by atoms with Gasteiger partial charge in [0.1, 0.15) is 0 Å². The Morgan fingerprint density at radius 1 is 1.36 bits per heavy atom. The molecule has 1 aromatic carbocycles. The lowest BCUT2D eigenvalue weighted by Gasteiger charge is -2.03. The Morgan fingerprint density at radius 2 is 2.09 bits per heavy atom. The minimum Gasteiger partial charge on any atom is -0.279 e. The van der Waals surface area contributed by atoms with Crippen LogP contribution >= 0.6 is 11.6 Å². The lowest BCUT2D eigenvalue weighted by atomic mass is 10.2. The van der Waals surface area contributed by atoms with Gasteiger partial charge in [-0.2, -0.15) is 0 Å². The second-order valence-electron chi connectivity index (χ2n) is 2.32. The summed E-state index contributed by atoms with van der Waals surface area (Å²) in [5, 5.41) is 0.713. The summed E-state index contributed by atoms with van der Waals surface area (Å²) < 4.78 is 0. The molecule has 0 heterocycles. The van der Waals surface area contributed by atoms with Gasteiger partial charge < -0.3 is 0 Å². The Bertz CT molecular complexity index is 230. The second kappa shape index (κ2) is 3.60. The highest BCUT2D eigenvalue weighted by molar-refractivity contribution is 6.30. The quantitative estimate of drug-likeness (QED) is 0.691. The van der Waals surface area contributed by atoms with Crippen molar-refractivity contribution in [3.63, 3.8) is 0 Å². The third-order valence-corrected chi connectivity index (χ3v) is 1.48. The molecule has 0 aliphatic carbocycles. The van der Waals surface area contributed by atoms with Crippen LogP contribution in [0.25, 0.3) is 0 Å². The van der Waals surface area contributed by atoms with E-state index >= 15 is 0 Å². The molecule has 0 aliphatic heterocycles. The van der Waals surface area contributed by atoms with E-state index in [1.807, 2.05) is 19.1 Å². The monoisotopic (exact) mass is 171 g/mol. The van der Waals surface area contributed by atoms with Gasteiger partial charge in [-0.05, 0) is 30.7 Å². The van der Waals surface area contributed by atoms with Gasteiger partial charge in [-0.25, -0.2) is 0 Å². The average Bonchev–Trinajstić information content (AvgIpc) is 1.85. The summed E-state index contributed by atoms with van der Waals surface area (Å²) in [6.45, 7) is 1.98. The van der Waals surface area contributed by atoms with Gasteiger partial charge in [-0.3, -0.25) is 10.3 Å². The van der Waals surface area contributed by atoms with Crippen molar-refractivity contribution in [2.75, 3.05) is 12.6 Å². The minimum absolute atomic E-state index is 0.713. The van der Waals surface area contributed by atoms with Crippen LogP contribution in [0.3, 0.4) is 0 Å². The van der Waals surface area contributed by atoms with Crippen LogP contribution in [0, 0.1) is 6.92 Å². The van der Waals surface area contributed by atoms with Gasteiger partial charge in [0.05, 0.1) is 12.8 Å². The maximum atomic E-state index is 5.79. The first-order valence-corrected chi connectivity index (χ1v) is 3.66. The Labute approximate surface area is 71.1 Å². The van der Waals surface area contributed by atoms with Crippen LogP contribution in [0.1, 0.15) is 5.56 Å². The summed E-state index contributed by atoms with van der Waals surface area (Å²) in [4.78, 5) is 4.73. The number of hydrogen-bond acceptors (Lipinski definition) is 2. The van der Waals surface area contributed by atoms with Gasteiger partial charge in [0.2, 0.25) is 0 Å². The van der Waals surface area contributed by atoms with E-state index in [1.54, 1.807) is 13.2 Å². The molecule has 0 atom stereocenters. The van der Waals surface area contributed by atoms with Crippen molar-refractivity contribution in [1.29, 1.82) is 0 Å². The van der Waals surface area contributed by atoms with Crippen molar-refractivity contribution < 1.29 is 4.84 Å². The maximum Gasteiger partial charge on any atom is 0.0636 e. The normalized spacial score (nSPS) is 9.73. The van der Waals surface area contributed by atoms with Crippen molar-refractivity contribution in [2.24, 2.45) is 0 Å². The molecular weight excluding hydrogens is 162 g/mol. The van der Waals surface area contributed by atoms with Gasteiger partial charge in [-0.15, -0.1) is 0 Å². The number of benzene rings is 1. The zero-order valence-electron chi connectivity index (χ0n) is 6.52. The number of aryl methyl sites for hydroxylation is 1. The Kier molecular flexibility index (Phi) is 2.74. The summed E-state index contributed by atoms with van der Waals surface area (Å²) in [5.74, 6) is 0. The molecule has 1 aromatic rings. The highest BCUT2D eigenvalue weighted by Crippen LogP contribution is 2.17. The molecule has 0 aromatic heterocycles. The van der Waals surface area contributed by atoms with Gasteiger partial charge in [0.25, 0.3) is 0 Å². The fourth-order valence-electron chi connectivity index (χ4n) is 0.913. The van der Waals surface area contributed by atoms with Gasteiger partial charge in [-0.1, -0.05) is 11.6 Å². The summed E-state index contributed by atoms with van der Waals surface area (Å²) in [7, 11) is 1.57. The molecule has 0 unspecified atom stereocenters. The van der Waals surface area contributed by atoms with Gasteiger partial charge >= 0.3 is 0 Å². The SMILES string of the molecule is CONc1cc(C)cc(Cl)c1. The zero-order chi connectivity index (χ0) is 8.27. The Morgan fingerprint density at radius 3 is 2.64 bits per heavy atom. The maximum absolute atomic E-state index is 5.79.